The van der Waals surface area contributed by atoms with E-state index in [0.717, 1.165) is 6.42 Å². The SMILES string of the molecule is Cc1cccc(CCC(=O)NCC(C)C#N)c1. The lowest BCUT2D eigenvalue weighted by molar-refractivity contribution is -0.121. The highest BCUT2D eigenvalue weighted by Crippen LogP contribution is 2.06. The van der Waals surface area contributed by atoms with Gasteiger partial charge in [0.05, 0.1) is 12.0 Å². The molecular formula is C14H18N2O. The minimum atomic E-state index is -0.127. The lowest BCUT2D eigenvalue weighted by Crippen LogP contribution is -2.27. The Balaban J connectivity index is 2.31. The molecule has 1 rings (SSSR count). The highest BCUT2D eigenvalue weighted by molar-refractivity contribution is 5.76. The molecule has 0 fully saturated rings. The Morgan fingerprint density at radius 2 is 2.29 bits per heavy atom. The van der Waals surface area contributed by atoms with Gasteiger partial charge in [0.15, 0.2) is 0 Å². The van der Waals surface area contributed by atoms with Crippen LogP contribution in [0.3, 0.4) is 0 Å². The first-order chi connectivity index (χ1) is 8.11. The smallest absolute Gasteiger partial charge is 0.220 e. The molecule has 3 heteroatoms. The van der Waals surface area contributed by atoms with Gasteiger partial charge in [-0.2, -0.15) is 5.26 Å². The third-order valence-electron chi connectivity index (χ3n) is 2.55. The van der Waals surface area contributed by atoms with E-state index >= 15 is 0 Å². The largest absolute Gasteiger partial charge is 0.355 e. The molecule has 1 N–H and O–H groups in total. The fourth-order valence-electron chi connectivity index (χ4n) is 1.53. The van der Waals surface area contributed by atoms with Gasteiger partial charge < -0.3 is 5.32 Å². The van der Waals surface area contributed by atoms with Crippen molar-refractivity contribution in [2.24, 2.45) is 5.92 Å². The molecule has 0 aliphatic carbocycles. The van der Waals surface area contributed by atoms with E-state index in [4.69, 9.17) is 5.26 Å². The Labute approximate surface area is 102 Å². The van der Waals surface area contributed by atoms with Crippen molar-refractivity contribution in [3.8, 4) is 6.07 Å². The van der Waals surface area contributed by atoms with Crippen molar-refractivity contribution >= 4 is 5.91 Å². The Bertz CT molecular complexity index is 420. The molecule has 1 aromatic rings. The molecule has 3 nitrogen and oxygen atoms in total. The lowest BCUT2D eigenvalue weighted by atomic mass is 10.1. The average molecular weight is 230 g/mol. The van der Waals surface area contributed by atoms with E-state index in [-0.39, 0.29) is 11.8 Å². The summed E-state index contributed by atoms with van der Waals surface area (Å²) in [4.78, 5) is 11.5. The monoisotopic (exact) mass is 230 g/mol. The summed E-state index contributed by atoms with van der Waals surface area (Å²) in [7, 11) is 0. The van der Waals surface area contributed by atoms with Crippen molar-refractivity contribution in [1.82, 2.24) is 5.32 Å². The molecular weight excluding hydrogens is 212 g/mol. The van der Waals surface area contributed by atoms with Crippen LogP contribution in [0.4, 0.5) is 0 Å². The first kappa shape index (κ1) is 13.2. The summed E-state index contributed by atoms with van der Waals surface area (Å²) < 4.78 is 0. The molecule has 1 amide bonds. The van der Waals surface area contributed by atoms with E-state index in [1.54, 1.807) is 6.92 Å². The van der Waals surface area contributed by atoms with Crippen LogP contribution in [0.1, 0.15) is 24.5 Å². The molecule has 90 valence electrons. The highest BCUT2D eigenvalue weighted by atomic mass is 16.1. The predicted molar refractivity (Wildman–Crippen MR) is 67.3 cm³/mol. The van der Waals surface area contributed by atoms with E-state index in [1.165, 1.54) is 11.1 Å². The fourth-order valence-corrected chi connectivity index (χ4v) is 1.53. The van der Waals surface area contributed by atoms with Crippen LogP contribution in [-0.2, 0) is 11.2 Å². The third-order valence-corrected chi connectivity index (χ3v) is 2.55. The van der Waals surface area contributed by atoms with Gasteiger partial charge in [0.25, 0.3) is 0 Å². The number of hydrogen-bond acceptors (Lipinski definition) is 2. The summed E-state index contributed by atoms with van der Waals surface area (Å²) >= 11 is 0. The van der Waals surface area contributed by atoms with Gasteiger partial charge in [-0.05, 0) is 25.8 Å². The van der Waals surface area contributed by atoms with Crippen LogP contribution in [0.5, 0.6) is 0 Å². The quantitative estimate of drug-likeness (QED) is 0.843. The second kappa shape index (κ2) is 6.70. The number of nitrogens with zero attached hydrogens (tertiary/aromatic N) is 1. The molecule has 0 saturated heterocycles. The normalized spacial score (nSPS) is 11.6. The van der Waals surface area contributed by atoms with Gasteiger partial charge in [0.2, 0.25) is 5.91 Å². The Morgan fingerprint density at radius 1 is 1.53 bits per heavy atom. The average Bonchev–Trinajstić information content (AvgIpc) is 2.33. The molecule has 0 aliphatic heterocycles. The van der Waals surface area contributed by atoms with Gasteiger partial charge in [0, 0.05) is 13.0 Å². The highest BCUT2D eigenvalue weighted by Gasteiger charge is 2.04. The first-order valence-corrected chi connectivity index (χ1v) is 5.83. The van der Waals surface area contributed by atoms with E-state index in [1.807, 2.05) is 25.1 Å². The number of aryl methyl sites for hydroxylation is 2. The second-order valence-corrected chi connectivity index (χ2v) is 4.32. The fraction of sp³-hybridized carbons (Fsp3) is 0.429. The zero-order valence-electron chi connectivity index (χ0n) is 10.4. The standard InChI is InChI=1S/C14H18N2O/c1-11-4-3-5-13(8-11)6-7-14(17)16-10-12(2)9-15/h3-5,8,12H,6-7,10H2,1-2H3,(H,16,17). The van der Waals surface area contributed by atoms with Gasteiger partial charge in [-0.1, -0.05) is 29.8 Å². The molecule has 0 bridgehead atoms. The Kier molecular flexibility index (Phi) is 5.22. The summed E-state index contributed by atoms with van der Waals surface area (Å²) in [6.07, 6.45) is 1.22. The van der Waals surface area contributed by atoms with Crippen molar-refractivity contribution in [3.63, 3.8) is 0 Å². The molecule has 17 heavy (non-hydrogen) atoms. The van der Waals surface area contributed by atoms with E-state index in [2.05, 4.69) is 17.5 Å². The zero-order chi connectivity index (χ0) is 12.7. The van der Waals surface area contributed by atoms with Gasteiger partial charge >= 0.3 is 0 Å². The van der Waals surface area contributed by atoms with Crippen molar-refractivity contribution in [2.75, 3.05) is 6.54 Å². The van der Waals surface area contributed by atoms with Crippen molar-refractivity contribution < 1.29 is 4.79 Å². The van der Waals surface area contributed by atoms with Gasteiger partial charge in [-0.25, -0.2) is 0 Å². The maximum atomic E-state index is 11.5. The van der Waals surface area contributed by atoms with Crippen LogP contribution in [0, 0.1) is 24.2 Å². The second-order valence-electron chi connectivity index (χ2n) is 4.32. The zero-order valence-corrected chi connectivity index (χ0v) is 10.4. The van der Waals surface area contributed by atoms with E-state index < -0.39 is 0 Å². The molecule has 0 heterocycles. The van der Waals surface area contributed by atoms with Crippen molar-refractivity contribution in [3.05, 3.63) is 35.4 Å². The molecule has 0 radical (unpaired) electrons. The summed E-state index contributed by atoms with van der Waals surface area (Å²) in [5.74, 6) is -0.119. The Morgan fingerprint density at radius 3 is 2.94 bits per heavy atom. The molecule has 0 saturated carbocycles. The van der Waals surface area contributed by atoms with Crippen LogP contribution in [0.15, 0.2) is 24.3 Å². The molecule has 1 aromatic carbocycles. The Hall–Kier alpha value is -1.82. The number of rotatable bonds is 5. The van der Waals surface area contributed by atoms with E-state index in [9.17, 15) is 4.79 Å². The molecule has 0 aromatic heterocycles. The summed E-state index contributed by atoms with van der Waals surface area (Å²) in [5.41, 5.74) is 2.38. The van der Waals surface area contributed by atoms with Crippen molar-refractivity contribution in [2.45, 2.75) is 26.7 Å². The predicted octanol–water partition coefficient (Wildman–Crippen LogP) is 2.20. The summed E-state index contributed by atoms with van der Waals surface area (Å²) in [6, 6.07) is 10.2. The number of benzene rings is 1. The van der Waals surface area contributed by atoms with Gasteiger partial charge in [-0.15, -0.1) is 0 Å². The number of nitrogens with one attached hydrogen (secondary N) is 1. The van der Waals surface area contributed by atoms with Crippen LogP contribution in [0.2, 0.25) is 0 Å². The third kappa shape index (κ3) is 5.17. The summed E-state index contributed by atoms with van der Waals surface area (Å²) in [6.45, 7) is 4.27. The van der Waals surface area contributed by atoms with E-state index in [0.29, 0.717) is 13.0 Å². The number of carbonyl (C=O) groups is 1. The molecule has 0 aliphatic rings. The number of carbonyl (C=O) groups excluding carboxylic acids is 1. The van der Waals surface area contributed by atoms with Crippen LogP contribution in [0.25, 0.3) is 0 Å². The minimum absolute atomic E-state index is 0.00797. The first-order valence-electron chi connectivity index (χ1n) is 5.83. The number of nitriles is 1. The lowest BCUT2D eigenvalue weighted by Gasteiger charge is -2.06. The maximum Gasteiger partial charge on any atom is 0.220 e. The molecule has 1 unspecified atom stereocenters. The number of hydrogen-bond donors (Lipinski definition) is 1. The summed E-state index contributed by atoms with van der Waals surface area (Å²) in [5, 5.41) is 11.3. The van der Waals surface area contributed by atoms with Crippen LogP contribution in [-0.4, -0.2) is 12.5 Å². The van der Waals surface area contributed by atoms with Crippen LogP contribution < -0.4 is 5.32 Å². The van der Waals surface area contributed by atoms with Gasteiger partial charge in [0.1, 0.15) is 0 Å². The molecule has 1 atom stereocenters. The maximum absolute atomic E-state index is 11.5. The number of amides is 1. The topological polar surface area (TPSA) is 52.9 Å². The van der Waals surface area contributed by atoms with Gasteiger partial charge in [-0.3, -0.25) is 4.79 Å². The van der Waals surface area contributed by atoms with Crippen molar-refractivity contribution in [1.29, 1.82) is 5.26 Å². The molecule has 0 spiro atoms. The van der Waals surface area contributed by atoms with Crippen LogP contribution >= 0.6 is 0 Å². The minimum Gasteiger partial charge on any atom is -0.355 e.